The van der Waals surface area contributed by atoms with Crippen LogP contribution in [-0.4, -0.2) is 17.2 Å². The van der Waals surface area contributed by atoms with Crippen LogP contribution in [0.1, 0.15) is 56.1 Å². The Balaban J connectivity index is 2.92. The Hall–Kier alpha value is -0.960. The van der Waals surface area contributed by atoms with Crippen molar-refractivity contribution in [1.29, 1.82) is 0 Å². The maximum absolute atomic E-state index is 4.28. The first kappa shape index (κ1) is 13.1. The monoisotopic (exact) mass is 221 g/mol. The topological polar surface area (TPSA) is 37.8 Å². The highest BCUT2D eigenvalue weighted by molar-refractivity contribution is 5.24. The fourth-order valence-corrected chi connectivity index (χ4v) is 1.97. The van der Waals surface area contributed by atoms with Crippen LogP contribution in [0, 0.1) is 6.92 Å². The molecule has 0 spiro atoms. The number of rotatable bonds is 6. The van der Waals surface area contributed by atoms with Gasteiger partial charge in [-0.05, 0) is 38.4 Å². The van der Waals surface area contributed by atoms with Gasteiger partial charge in [0.25, 0.3) is 0 Å². The molecule has 1 aromatic heterocycles. The molecule has 0 fully saturated rings. The molecule has 1 unspecified atom stereocenters. The zero-order valence-corrected chi connectivity index (χ0v) is 10.9. The molecule has 0 saturated carbocycles. The minimum absolute atomic E-state index is 0.420. The van der Waals surface area contributed by atoms with Gasteiger partial charge in [-0.25, -0.2) is 0 Å². The lowest BCUT2D eigenvalue weighted by molar-refractivity contribution is 0.515. The summed E-state index contributed by atoms with van der Waals surface area (Å²) in [6.07, 6.45) is 4.60. The number of unbranched alkanes of at least 4 members (excludes halogenated alkanes) is 1. The van der Waals surface area contributed by atoms with Gasteiger partial charge in [0.2, 0.25) is 0 Å². The van der Waals surface area contributed by atoms with Gasteiger partial charge in [0.15, 0.2) is 0 Å². The number of aryl methyl sites for hydroxylation is 2. The second-order valence-electron chi connectivity index (χ2n) is 4.22. The summed E-state index contributed by atoms with van der Waals surface area (Å²) in [6, 6.07) is 2.59. The first-order chi connectivity index (χ1) is 7.72. The van der Waals surface area contributed by atoms with Crippen molar-refractivity contribution in [2.24, 2.45) is 0 Å². The molecule has 1 N–H and O–H groups in total. The fraction of sp³-hybridized carbons (Fsp3) is 0.692. The summed E-state index contributed by atoms with van der Waals surface area (Å²) in [7, 11) is 2.02. The summed E-state index contributed by atoms with van der Waals surface area (Å²) in [5.41, 5.74) is 3.45. The average molecular weight is 221 g/mol. The van der Waals surface area contributed by atoms with Crippen LogP contribution in [0.25, 0.3) is 0 Å². The van der Waals surface area contributed by atoms with Gasteiger partial charge in [0, 0.05) is 6.04 Å². The third-order valence-corrected chi connectivity index (χ3v) is 2.93. The third kappa shape index (κ3) is 3.27. The summed E-state index contributed by atoms with van der Waals surface area (Å²) in [5, 5.41) is 11.8. The largest absolute Gasteiger partial charge is 0.313 e. The summed E-state index contributed by atoms with van der Waals surface area (Å²) >= 11 is 0. The summed E-state index contributed by atoms with van der Waals surface area (Å²) in [6.45, 7) is 6.36. The van der Waals surface area contributed by atoms with Gasteiger partial charge in [0.05, 0.1) is 11.4 Å². The van der Waals surface area contributed by atoms with Crippen molar-refractivity contribution in [3.8, 4) is 0 Å². The van der Waals surface area contributed by atoms with Crippen LogP contribution in [0.15, 0.2) is 6.07 Å². The quantitative estimate of drug-likeness (QED) is 0.802. The van der Waals surface area contributed by atoms with E-state index in [2.05, 4.69) is 35.4 Å². The average Bonchev–Trinajstić information content (AvgIpc) is 2.30. The van der Waals surface area contributed by atoms with E-state index in [0.29, 0.717) is 6.04 Å². The van der Waals surface area contributed by atoms with Gasteiger partial charge < -0.3 is 5.32 Å². The van der Waals surface area contributed by atoms with E-state index >= 15 is 0 Å². The van der Waals surface area contributed by atoms with Crippen molar-refractivity contribution >= 4 is 0 Å². The van der Waals surface area contributed by atoms with Crippen molar-refractivity contribution in [2.75, 3.05) is 7.05 Å². The van der Waals surface area contributed by atoms with Crippen molar-refractivity contribution in [3.63, 3.8) is 0 Å². The lowest BCUT2D eigenvalue weighted by Gasteiger charge is -2.18. The molecule has 90 valence electrons. The van der Waals surface area contributed by atoms with Gasteiger partial charge in [-0.1, -0.05) is 26.7 Å². The molecule has 0 amide bonds. The second kappa shape index (κ2) is 6.59. The second-order valence-corrected chi connectivity index (χ2v) is 4.22. The molecule has 1 aromatic rings. The van der Waals surface area contributed by atoms with Crippen LogP contribution in [0.2, 0.25) is 0 Å². The van der Waals surface area contributed by atoms with Crippen LogP contribution in [0.3, 0.4) is 0 Å². The minimum Gasteiger partial charge on any atom is -0.313 e. The predicted molar refractivity (Wildman–Crippen MR) is 67.5 cm³/mol. The number of nitrogens with one attached hydrogen (secondary N) is 1. The summed E-state index contributed by atoms with van der Waals surface area (Å²) in [4.78, 5) is 0. The first-order valence-electron chi connectivity index (χ1n) is 6.23. The van der Waals surface area contributed by atoms with Crippen LogP contribution in [-0.2, 0) is 6.42 Å². The van der Waals surface area contributed by atoms with Crippen LogP contribution < -0.4 is 5.32 Å². The van der Waals surface area contributed by atoms with Gasteiger partial charge in [-0.15, -0.1) is 0 Å². The molecule has 0 aliphatic rings. The molecule has 0 radical (unpaired) electrons. The third-order valence-electron chi connectivity index (χ3n) is 2.93. The lowest BCUT2D eigenvalue weighted by atomic mass is 9.98. The van der Waals surface area contributed by atoms with Crippen molar-refractivity contribution < 1.29 is 0 Å². The Morgan fingerprint density at radius 1 is 1.31 bits per heavy atom. The van der Waals surface area contributed by atoms with Crippen LogP contribution in [0.5, 0.6) is 0 Å². The minimum atomic E-state index is 0.420. The molecule has 16 heavy (non-hydrogen) atoms. The van der Waals surface area contributed by atoms with Crippen molar-refractivity contribution in [2.45, 2.75) is 52.5 Å². The number of hydrogen-bond acceptors (Lipinski definition) is 3. The molecule has 1 heterocycles. The van der Waals surface area contributed by atoms with Gasteiger partial charge in [-0.3, -0.25) is 0 Å². The van der Waals surface area contributed by atoms with Gasteiger partial charge in [0.1, 0.15) is 0 Å². The Kier molecular flexibility index (Phi) is 5.39. The molecule has 0 aliphatic heterocycles. The fourth-order valence-electron chi connectivity index (χ4n) is 1.97. The highest BCUT2D eigenvalue weighted by Gasteiger charge is 2.14. The van der Waals surface area contributed by atoms with Gasteiger partial charge in [-0.2, -0.15) is 10.2 Å². The highest BCUT2D eigenvalue weighted by atomic mass is 15.1. The van der Waals surface area contributed by atoms with E-state index in [0.717, 1.165) is 17.8 Å². The molecular formula is C13H23N3. The zero-order valence-electron chi connectivity index (χ0n) is 10.9. The van der Waals surface area contributed by atoms with Crippen molar-refractivity contribution in [1.82, 2.24) is 15.5 Å². The molecule has 0 aromatic carbocycles. The number of nitrogens with zero attached hydrogens (tertiary/aromatic N) is 2. The molecule has 1 atom stereocenters. The maximum atomic E-state index is 4.28. The van der Waals surface area contributed by atoms with E-state index in [1.54, 1.807) is 0 Å². The summed E-state index contributed by atoms with van der Waals surface area (Å²) < 4.78 is 0. The Morgan fingerprint density at radius 3 is 2.62 bits per heavy atom. The SMILES string of the molecule is CCCCC(NC)c1cc(C)nnc1CC. The molecular weight excluding hydrogens is 198 g/mol. The Morgan fingerprint density at radius 2 is 2.06 bits per heavy atom. The normalized spacial score (nSPS) is 12.8. The Labute approximate surface area is 98.7 Å². The summed E-state index contributed by atoms with van der Waals surface area (Å²) in [5.74, 6) is 0. The zero-order chi connectivity index (χ0) is 12.0. The Bertz CT molecular complexity index is 323. The molecule has 0 saturated heterocycles. The molecule has 1 rings (SSSR count). The van der Waals surface area contributed by atoms with Crippen molar-refractivity contribution in [3.05, 3.63) is 23.0 Å². The van der Waals surface area contributed by atoms with E-state index in [1.165, 1.54) is 24.8 Å². The number of hydrogen-bond donors (Lipinski definition) is 1. The van der Waals surface area contributed by atoms with Crippen LogP contribution in [0.4, 0.5) is 0 Å². The standard InChI is InChI=1S/C13H23N3/c1-5-7-8-13(14-4)11-9-10(3)15-16-12(11)6-2/h9,13-14H,5-8H2,1-4H3. The predicted octanol–water partition coefficient (Wildman–Crippen LogP) is 2.80. The van der Waals surface area contributed by atoms with E-state index in [1.807, 2.05) is 14.0 Å². The van der Waals surface area contributed by atoms with Crippen LogP contribution >= 0.6 is 0 Å². The maximum Gasteiger partial charge on any atom is 0.0676 e. The number of aromatic nitrogens is 2. The molecule has 3 nitrogen and oxygen atoms in total. The van der Waals surface area contributed by atoms with E-state index in [4.69, 9.17) is 0 Å². The molecule has 0 bridgehead atoms. The van der Waals surface area contributed by atoms with E-state index in [9.17, 15) is 0 Å². The first-order valence-corrected chi connectivity index (χ1v) is 6.23. The lowest BCUT2D eigenvalue weighted by Crippen LogP contribution is -2.19. The van der Waals surface area contributed by atoms with E-state index < -0.39 is 0 Å². The highest BCUT2D eigenvalue weighted by Crippen LogP contribution is 2.22. The molecule has 3 heteroatoms. The molecule has 0 aliphatic carbocycles. The van der Waals surface area contributed by atoms with Gasteiger partial charge >= 0.3 is 0 Å². The smallest absolute Gasteiger partial charge is 0.0676 e. The van der Waals surface area contributed by atoms with E-state index in [-0.39, 0.29) is 0 Å².